The average Bonchev–Trinajstić information content (AvgIpc) is 2.73. The Morgan fingerprint density at radius 3 is 2.69 bits per heavy atom. The molecule has 8 heteroatoms. The van der Waals surface area contributed by atoms with Gasteiger partial charge in [0.1, 0.15) is 11.6 Å². The number of amides is 2. The average molecular weight is 417 g/mol. The summed E-state index contributed by atoms with van der Waals surface area (Å²) in [7, 11) is 1.68. The number of carbonyl (C=O) groups excluding carboxylic acids is 1. The molecule has 0 saturated carbocycles. The molecule has 0 unspecified atom stereocenters. The summed E-state index contributed by atoms with van der Waals surface area (Å²) < 4.78 is 13.3. The van der Waals surface area contributed by atoms with Crippen LogP contribution in [0.3, 0.4) is 0 Å². The van der Waals surface area contributed by atoms with Gasteiger partial charge in [-0.1, -0.05) is 35.9 Å². The van der Waals surface area contributed by atoms with Gasteiger partial charge in [0, 0.05) is 36.4 Å². The number of urea groups is 1. The van der Waals surface area contributed by atoms with Crippen LogP contribution in [0.25, 0.3) is 10.8 Å². The Labute approximate surface area is 173 Å². The van der Waals surface area contributed by atoms with Gasteiger partial charge in [0.15, 0.2) is 0 Å². The largest absolute Gasteiger partial charge is 0.395 e. The first-order chi connectivity index (χ1) is 13.9. The number of aliphatic hydroxyl groups is 1. The molecule has 29 heavy (non-hydrogen) atoms. The van der Waals surface area contributed by atoms with Gasteiger partial charge in [-0.15, -0.1) is 0 Å². The number of rotatable bonds is 6. The zero-order valence-electron chi connectivity index (χ0n) is 16.1. The van der Waals surface area contributed by atoms with E-state index in [2.05, 4.69) is 15.6 Å². The van der Waals surface area contributed by atoms with E-state index in [0.29, 0.717) is 18.1 Å². The van der Waals surface area contributed by atoms with Crippen molar-refractivity contribution in [3.8, 4) is 0 Å². The second kappa shape index (κ2) is 9.07. The Hall–Kier alpha value is -2.90. The van der Waals surface area contributed by atoms with Crippen molar-refractivity contribution in [3.63, 3.8) is 0 Å². The highest BCUT2D eigenvalue weighted by atomic mass is 35.5. The number of halogens is 2. The minimum Gasteiger partial charge on any atom is -0.395 e. The first-order valence-electron chi connectivity index (χ1n) is 9.13. The fraction of sp³-hybridized carbons (Fsp3) is 0.238. The molecule has 0 spiro atoms. The molecular formula is C21H22ClFN4O2. The molecule has 0 radical (unpaired) electrons. The van der Waals surface area contributed by atoms with Crippen LogP contribution in [0.1, 0.15) is 18.5 Å². The van der Waals surface area contributed by atoms with Crippen LogP contribution in [-0.4, -0.2) is 41.2 Å². The van der Waals surface area contributed by atoms with Gasteiger partial charge < -0.3 is 20.6 Å². The number of pyridine rings is 1. The van der Waals surface area contributed by atoms with Crippen molar-refractivity contribution in [3.05, 3.63) is 65.1 Å². The van der Waals surface area contributed by atoms with E-state index in [9.17, 15) is 9.18 Å². The molecule has 0 aliphatic rings. The Morgan fingerprint density at radius 2 is 2.00 bits per heavy atom. The molecule has 0 bridgehead atoms. The summed E-state index contributed by atoms with van der Waals surface area (Å²) in [5.74, 6) is 0.137. The Balaban J connectivity index is 1.85. The van der Waals surface area contributed by atoms with E-state index in [4.69, 9.17) is 16.7 Å². The molecule has 3 rings (SSSR count). The standard InChI is InChI=1S/C21H22ClFN4O2/c1-13(27(2)21(29)26-14-7-8-19(23)18(22)11-14)17-12-25-20(24-9-10-28)16-6-4-3-5-15(16)17/h3-8,11-13,28H,9-10H2,1-2H3,(H,24,25)(H,26,29)/t13-/m1/s1. The number of hydrogen-bond acceptors (Lipinski definition) is 4. The summed E-state index contributed by atoms with van der Waals surface area (Å²) in [6.45, 7) is 2.31. The van der Waals surface area contributed by atoms with Crippen LogP contribution in [-0.2, 0) is 0 Å². The van der Waals surface area contributed by atoms with Gasteiger partial charge in [-0.2, -0.15) is 0 Å². The van der Waals surface area contributed by atoms with Crippen LogP contribution in [0, 0.1) is 5.82 Å². The van der Waals surface area contributed by atoms with E-state index in [-0.39, 0.29) is 23.7 Å². The fourth-order valence-electron chi connectivity index (χ4n) is 3.03. The Morgan fingerprint density at radius 1 is 1.28 bits per heavy atom. The first kappa shape index (κ1) is 20.8. The van der Waals surface area contributed by atoms with E-state index in [1.54, 1.807) is 18.1 Å². The van der Waals surface area contributed by atoms with Gasteiger partial charge in [-0.3, -0.25) is 0 Å². The molecule has 1 atom stereocenters. The lowest BCUT2D eigenvalue weighted by atomic mass is 10.0. The lowest BCUT2D eigenvalue weighted by Gasteiger charge is -2.27. The molecule has 0 fully saturated rings. The highest BCUT2D eigenvalue weighted by molar-refractivity contribution is 6.31. The number of hydrogen-bond donors (Lipinski definition) is 3. The van der Waals surface area contributed by atoms with Crippen LogP contribution >= 0.6 is 11.6 Å². The zero-order chi connectivity index (χ0) is 21.0. The van der Waals surface area contributed by atoms with E-state index in [1.807, 2.05) is 31.2 Å². The summed E-state index contributed by atoms with van der Waals surface area (Å²) in [5.41, 5.74) is 1.29. The Kier molecular flexibility index (Phi) is 6.51. The van der Waals surface area contributed by atoms with Crippen LogP contribution in [0.5, 0.6) is 0 Å². The molecule has 2 amide bonds. The number of nitrogens with zero attached hydrogens (tertiary/aromatic N) is 2. The normalized spacial score (nSPS) is 11.9. The van der Waals surface area contributed by atoms with Crippen LogP contribution in [0.4, 0.5) is 20.7 Å². The summed E-state index contributed by atoms with van der Waals surface area (Å²) in [6, 6.07) is 11.1. The highest BCUT2D eigenvalue weighted by Crippen LogP contribution is 2.31. The number of anilines is 2. The van der Waals surface area contributed by atoms with Crippen molar-refractivity contribution in [1.29, 1.82) is 0 Å². The highest BCUT2D eigenvalue weighted by Gasteiger charge is 2.21. The smallest absolute Gasteiger partial charge is 0.322 e. The lowest BCUT2D eigenvalue weighted by Crippen LogP contribution is -2.33. The zero-order valence-corrected chi connectivity index (χ0v) is 16.9. The van der Waals surface area contributed by atoms with Crippen molar-refractivity contribution in [2.75, 3.05) is 30.8 Å². The third kappa shape index (κ3) is 4.58. The predicted molar refractivity (Wildman–Crippen MR) is 114 cm³/mol. The third-order valence-corrected chi connectivity index (χ3v) is 5.04. The molecule has 3 N–H and O–H groups in total. The van der Waals surface area contributed by atoms with Crippen LogP contribution in [0.15, 0.2) is 48.7 Å². The molecule has 0 saturated heterocycles. The van der Waals surface area contributed by atoms with E-state index < -0.39 is 5.82 Å². The molecule has 2 aromatic carbocycles. The molecule has 1 heterocycles. The molecule has 6 nitrogen and oxygen atoms in total. The van der Waals surface area contributed by atoms with Crippen molar-refractivity contribution < 1.29 is 14.3 Å². The first-order valence-corrected chi connectivity index (χ1v) is 9.51. The number of nitrogens with one attached hydrogen (secondary N) is 2. The number of aromatic nitrogens is 1. The number of fused-ring (bicyclic) bond motifs is 1. The predicted octanol–water partition coefficient (Wildman–Crippen LogP) is 4.66. The van der Waals surface area contributed by atoms with Crippen molar-refractivity contribution >= 4 is 39.9 Å². The van der Waals surface area contributed by atoms with Crippen molar-refractivity contribution in [2.24, 2.45) is 0 Å². The van der Waals surface area contributed by atoms with E-state index >= 15 is 0 Å². The second-order valence-electron chi connectivity index (χ2n) is 6.60. The quantitative estimate of drug-likeness (QED) is 0.546. The fourth-order valence-corrected chi connectivity index (χ4v) is 3.21. The third-order valence-electron chi connectivity index (χ3n) is 4.75. The molecule has 0 aliphatic carbocycles. The number of aliphatic hydroxyl groups excluding tert-OH is 1. The van der Waals surface area contributed by atoms with E-state index in [1.165, 1.54) is 18.2 Å². The summed E-state index contributed by atoms with van der Waals surface area (Å²) in [6.07, 6.45) is 1.73. The van der Waals surface area contributed by atoms with Crippen LogP contribution < -0.4 is 10.6 Å². The van der Waals surface area contributed by atoms with E-state index in [0.717, 1.165) is 16.3 Å². The van der Waals surface area contributed by atoms with Gasteiger partial charge in [0.2, 0.25) is 0 Å². The maximum atomic E-state index is 13.3. The number of benzene rings is 2. The van der Waals surface area contributed by atoms with Crippen molar-refractivity contribution in [1.82, 2.24) is 9.88 Å². The monoisotopic (exact) mass is 416 g/mol. The second-order valence-corrected chi connectivity index (χ2v) is 7.01. The summed E-state index contributed by atoms with van der Waals surface area (Å²) >= 11 is 5.78. The molecular weight excluding hydrogens is 395 g/mol. The van der Waals surface area contributed by atoms with Gasteiger partial charge >= 0.3 is 6.03 Å². The summed E-state index contributed by atoms with van der Waals surface area (Å²) in [5, 5.41) is 16.7. The summed E-state index contributed by atoms with van der Waals surface area (Å²) in [4.78, 5) is 18.7. The maximum Gasteiger partial charge on any atom is 0.322 e. The topological polar surface area (TPSA) is 77.5 Å². The molecule has 1 aromatic heterocycles. The van der Waals surface area contributed by atoms with Gasteiger partial charge in [0.05, 0.1) is 17.7 Å². The maximum absolute atomic E-state index is 13.3. The van der Waals surface area contributed by atoms with Gasteiger partial charge in [0.25, 0.3) is 0 Å². The van der Waals surface area contributed by atoms with Gasteiger partial charge in [-0.25, -0.2) is 14.2 Å². The van der Waals surface area contributed by atoms with Crippen LogP contribution in [0.2, 0.25) is 5.02 Å². The Bertz CT molecular complexity index is 1030. The number of carbonyl (C=O) groups is 1. The SMILES string of the molecule is C[C@H](c1cnc(NCCO)c2ccccc12)N(C)C(=O)Nc1ccc(F)c(Cl)c1. The lowest BCUT2D eigenvalue weighted by molar-refractivity contribution is 0.208. The van der Waals surface area contributed by atoms with Crippen molar-refractivity contribution in [2.45, 2.75) is 13.0 Å². The van der Waals surface area contributed by atoms with Gasteiger partial charge in [-0.05, 0) is 30.5 Å². The minimum atomic E-state index is -0.543. The molecule has 0 aliphatic heterocycles. The molecule has 152 valence electrons. The minimum absolute atomic E-state index is 0.00444. The molecule has 3 aromatic rings.